The highest BCUT2D eigenvalue weighted by Crippen LogP contribution is 2.25. The van der Waals surface area contributed by atoms with E-state index in [1.165, 1.54) is 5.56 Å². The van der Waals surface area contributed by atoms with Crippen molar-refractivity contribution in [2.75, 3.05) is 26.7 Å². The van der Waals surface area contributed by atoms with Gasteiger partial charge < -0.3 is 9.64 Å². The second kappa shape index (κ2) is 7.90. The molecule has 1 fully saturated rings. The maximum atomic E-state index is 12.3. The molecule has 0 spiro atoms. The molecule has 126 valence electrons. The fourth-order valence-electron chi connectivity index (χ4n) is 2.86. The fourth-order valence-corrected chi connectivity index (χ4v) is 2.86. The van der Waals surface area contributed by atoms with E-state index in [4.69, 9.17) is 4.74 Å². The molecule has 2 N–H and O–H groups in total. The van der Waals surface area contributed by atoms with Crippen molar-refractivity contribution in [1.29, 1.82) is 0 Å². The van der Waals surface area contributed by atoms with Crippen LogP contribution in [0.2, 0.25) is 0 Å². The molecule has 2 aromatic rings. The van der Waals surface area contributed by atoms with E-state index < -0.39 is 0 Å². The van der Waals surface area contributed by atoms with Crippen LogP contribution in [0.3, 0.4) is 0 Å². The Bertz CT molecular complexity index is 651. The van der Waals surface area contributed by atoms with Crippen LogP contribution in [-0.4, -0.2) is 42.5 Å². The minimum atomic E-state index is -0.0439. The average Bonchev–Trinajstić information content (AvgIpc) is 3.09. The number of benzene rings is 1. The van der Waals surface area contributed by atoms with E-state index >= 15 is 0 Å². The summed E-state index contributed by atoms with van der Waals surface area (Å²) < 4.78 is 5.48. The number of nitrogens with zero attached hydrogens (tertiary/aromatic N) is 2. The van der Waals surface area contributed by atoms with E-state index in [0.717, 1.165) is 6.54 Å². The van der Waals surface area contributed by atoms with Crippen LogP contribution < -0.4 is 15.6 Å². The number of carbonyl (C=O) groups excluding carboxylic acids is 1. The van der Waals surface area contributed by atoms with Gasteiger partial charge in [0, 0.05) is 32.3 Å². The average molecular weight is 326 g/mol. The van der Waals surface area contributed by atoms with Crippen molar-refractivity contribution >= 4 is 5.91 Å². The second-order valence-electron chi connectivity index (χ2n) is 5.93. The molecule has 3 rings (SSSR count). The van der Waals surface area contributed by atoms with Gasteiger partial charge in [-0.2, -0.15) is 0 Å². The number of carbonyl (C=O) groups is 1. The number of ether oxygens (including phenoxy) is 1. The Morgan fingerprint density at radius 2 is 2.12 bits per heavy atom. The lowest BCUT2D eigenvalue weighted by Gasteiger charge is -2.25. The fraction of sp³-hybridized carbons (Fsp3) is 0.333. The first-order valence-electron chi connectivity index (χ1n) is 8.04. The predicted octanol–water partition coefficient (Wildman–Crippen LogP) is 1.38. The highest BCUT2D eigenvalue weighted by atomic mass is 16.5. The van der Waals surface area contributed by atoms with E-state index in [0.29, 0.717) is 18.2 Å². The number of amides is 1. The van der Waals surface area contributed by atoms with Gasteiger partial charge in [0.2, 0.25) is 0 Å². The van der Waals surface area contributed by atoms with E-state index in [1.54, 1.807) is 29.4 Å². The number of aromatic nitrogens is 1. The summed E-state index contributed by atoms with van der Waals surface area (Å²) in [6.45, 7) is 1.50. The van der Waals surface area contributed by atoms with E-state index in [1.807, 2.05) is 25.2 Å². The van der Waals surface area contributed by atoms with Gasteiger partial charge in [-0.25, -0.2) is 5.43 Å². The molecular formula is C18H22N4O2. The first-order valence-corrected chi connectivity index (χ1v) is 8.04. The summed E-state index contributed by atoms with van der Waals surface area (Å²) in [6, 6.07) is 14.0. The van der Waals surface area contributed by atoms with Crippen LogP contribution in [0.5, 0.6) is 5.75 Å². The molecule has 1 aromatic carbocycles. The summed E-state index contributed by atoms with van der Waals surface area (Å²) in [4.78, 5) is 18.0. The molecular weight excluding hydrogens is 304 g/mol. The molecule has 0 saturated carbocycles. The summed E-state index contributed by atoms with van der Waals surface area (Å²) >= 11 is 0. The van der Waals surface area contributed by atoms with Crippen molar-refractivity contribution in [3.05, 3.63) is 60.4 Å². The molecule has 6 nitrogen and oxygen atoms in total. The minimum absolute atomic E-state index is 0.0196. The summed E-state index contributed by atoms with van der Waals surface area (Å²) in [7, 11) is 1.81. The standard InChI is InChI=1S/C18H22N4O2/c1-22(17(23)13-24-16-8-5-9-19-11-16)12-15-10-20-21-18(15)14-6-3-2-4-7-14/h2-9,11,15,18,20-21H,10,12-13H2,1H3. The Morgan fingerprint density at radius 3 is 2.88 bits per heavy atom. The summed E-state index contributed by atoms with van der Waals surface area (Å²) in [5.74, 6) is 0.864. The zero-order chi connectivity index (χ0) is 16.8. The molecule has 1 aromatic heterocycles. The molecule has 24 heavy (non-hydrogen) atoms. The molecule has 1 aliphatic heterocycles. The van der Waals surface area contributed by atoms with Crippen molar-refractivity contribution in [2.45, 2.75) is 6.04 Å². The first kappa shape index (κ1) is 16.4. The number of pyridine rings is 1. The lowest BCUT2D eigenvalue weighted by Crippen LogP contribution is -2.37. The predicted molar refractivity (Wildman–Crippen MR) is 91.2 cm³/mol. The molecule has 2 heterocycles. The molecule has 6 heteroatoms. The molecule has 0 aliphatic carbocycles. The number of likely N-dealkylation sites (N-methyl/N-ethyl adjacent to an activating group) is 1. The maximum Gasteiger partial charge on any atom is 0.260 e. The van der Waals surface area contributed by atoms with Gasteiger partial charge in [-0.3, -0.25) is 15.2 Å². The highest BCUT2D eigenvalue weighted by molar-refractivity contribution is 5.77. The molecule has 0 radical (unpaired) electrons. The van der Waals surface area contributed by atoms with Crippen molar-refractivity contribution in [3.8, 4) is 5.75 Å². The Balaban J connectivity index is 1.53. The monoisotopic (exact) mass is 326 g/mol. The largest absolute Gasteiger partial charge is 0.482 e. The first-order chi connectivity index (χ1) is 11.7. The Labute approximate surface area is 141 Å². The molecule has 2 unspecified atom stereocenters. The van der Waals surface area contributed by atoms with Gasteiger partial charge in [-0.15, -0.1) is 0 Å². The van der Waals surface area contributed by atoms with E-state index in [9.17, 15) is 4.79 Å². The third-order valence-electron chi connectivity index (χ3n) is 4.18. The van der Waals surface area contributed by atoms with Crippen molar-refractivity contribution in [1.82, 2.24) is 20.7 Å². The van der Waals surface area contributed by atoms with E-state index in [2.05, 4.69) is 28.0 Å². The van der Waals surface area contributed by atoms with Crippen LogP contribution in [0.4, 0.5) is 0 Å². The quantitative estimate of drug-likeness (QED) is 0.840. The summed E-state index contributed by atoms with van der Waals surface area (Å²) in [5, 5.41) is 0. The number of hydrazine groups is 1. The Hall–Kier alpha value is -2.44. The van der Waals surface area contributed by atoms with Crippen LogP contribution in [0, 0.1) is 5.92 Å². The lowest BCUT2D eigenvalue weighted by atomic mass is 9.94. The van der Waals surface area contributed by atoms with Crippen LogP contribution in [-0.2, 0) is 4.79 Å². The summed E-state index contributed by atoms with van der Waals surface area (Å²) in [6.07, 6.45) is 3.27. The number of hydrogen-bond donors (Lipinski definition) is 2. The minimum Gasteiger partial charge on any atom is -0.482 e. The summed E-state index contributed by atoms with van der Waals surface area (Å²) in [5.41, 5.74) is 7.72. The third-order valence-corrected chi connectivity index (χ3v) is 4.18. The number of nitrogens with one attached hydrogen (secondary N) is 2. The van der Waals surface area contributed by atoms with Gasteiger partial charge in [0.05, 0.1) is 12.2 Å². The van der Waals surface area contributed by atoms with Crippen molar-refractivity contribution in [2.24, 2.45) is 5.92 Å². The molecule has 1 amide bonds. The van der Waals surface area contributed by atoms with Gasteiger partial charge in [-0.05, 0) is 17.7 Å². The zero-order valence-corrected chi connectivity index (χ0v) is 13.7. The zero-order valence-electron chi connectivity index (χ0n) is 13.7. The van der Waals surface area contributed by atoms with Crippen LogP contribution >= 0.6 is 0 Å². The number of hydrogen-bond acceptors (Lipinski definition) is 5. The van der Waals surface area contributed by atoms with Crippen LogP contribution in [0.1, 0.15) is 11.6 Å². The smallest absolute Gasteiger partial charge is 0.260 e. The van der Waals surface area contributed by atoms with Gasteiger partial charge in [0.25, 0.3) is 5.91 Å². The van der Waals surface area contributed by atoms with E-state index in [-0.39, 0.29) is 18.6 Å². The molecule has 2 atom stereocenters. The Kier molecular flexibility index (Phi) is 5.40. The molecule has 1 aliphatic rings. The number of rotatable bonds is 6. The SMILES string of the molecule is CN(CC1CNNC1c1ccccc1)C(=O)COc1cccnc1. The molecule has 1 saturated heterocycles. The maximum absolute atomic E-state index is 12.3. The van der Waals surface area contributed by atoms with Gasteiger partial charge >= 0.3 is 0 Å². The van der Waals surface area contributed by atoms with Crippen LogP contribution in [0.15, 0.2) is 54.9 Å². The second-order valence-corrected chi connectivity index (χ2v) is 5.93. The third kappa shape index (κ3) is 4.10. The Morgan fingerprint density at radius 1 is 1.29 bits per heavy atom. The van der Waals surface area contributed by atoms with Crippen molar-refractivity contribution < 1.29 is 9.53 Å². The van der Waals surface area contributed by atoms with Crippen LogP contribution in [0.25, 0.3) is 0 Å². The normalized spacial score (nSPS) is 19.9. The topological polar surface area (TPSA) is 66.5 Å². The molecule has 0 bridgehead atoms. The van der Waals surface area contributed by atoms with Gasteiger partial charge in [0.15, 0.2) is 6.61 Å². The lowest BCUT2D eigenvalue weighted by molar-refractivity contribution is -0.132. The van der Waals surface area contributed by atoms with Gasteiger partial charge in [-0.1, -0.05) is 30.3 Å². The highest BCUT2D eigenvalue weighted by Gasteiger charge is 2.30. The van der Waals surface area contributed by atoms with Crippen molar-refractivity contribution in [3.63, 3.8) is 0 Å². The van der Waals surface area contributed by atoms with Gasteiger partial charge in [0.1, 0.15) is 5.75 Å².